The van der Waals surface area contributed by atoms with E-state index >= 15 is 0 Å². The van der Waals surface area contributed by atoms with Gasteiger partial charge < -0.3 is 9.47 Å². The summed E-state index contributed by atoms with van der Waals surface area (Å²) >= 11 is 0. The van der Waals surface area contributed by atoms with Crippen molar-refractivity contribution < 1.29 is 23.9 Å². The monoisotopic (exact) mass is 396 g/mol. The molecule has 0 unspecified atom stereocenters. The van der Waals surface area contributed by atoms with Gasteiger partial charge in [0.1, 0.15) is 5.78 Å². The smallest absolute Gasteiger partial charge is 0.312 e. The number of ketones is 1. The van der Waals surface area contributed by atoms with E-state index in [9.17, 15) is 14.4 Å². The number of carbonyl (C=O) groups excluding carboxylic acids is 3. The van der Waals surface area contributed by atoms with Crippen molar-refractivity contribution in [1.29, 1.82) is 0 Å². The van der Waals surface area contributed by atoms with Gasteiger partial charge in [-0.1, -0.05) is 25.7 Å². The molecule has 0 amide bonds. The lowest BCUT2D eigenvalue weighted by Gasteiger charge is -2.21. The predicted molar refractivity (Wildman–Crippen MR) is 110 cm³/mol. The van der Waals surface area contributed by atoms with Crippen molar-refractivity contribution in [3.05, 3.63) is 0 Å². The number of rotatable bonds is 16. The highest BCUT2D eigenvalue weighted by atomic mass is 16.5. The van der Waals surface area contributed by atoms with Crippen molar-refractivity contribution in [2.24, 2.45) is 10.8 Å². The highest BCUT2D eigenvalue weighted by molar-refractivity contribution is 5.80. The first-order chi connectivity index (χ1) is 13.3. The molecule has 1 fully saturated rings. The van der Waals surface area contributed by atoms with Gasteiger partial charge in [-0.25, -0.2) is 0 Å². The number of hydrogen-bond acceptors (Lipinski definition) is 5. The molecule has 0 spiro atoms. The van der Waals surface area contributed by atoms with Crippen LogP contribution in [0.2, 0.25) is 0 Å². The molecule has 28 heavy (non-hydrogen) atoms. The van der Waals surface area contributed by atoms with E-state index in [0.717, 1.165) is 64.2 Å². The average molecular weight is 397 g/mol. The maximum atomic E-state index is 12.0. The largest absolute Gasteiger partial charge is 0.466 e. The summed E-state index contributed by atoms with van der Waals surface area (Å²) in [5, 5.41) is 0. The predicted octanol–water partition coefficient (Wildman–Crippen LogP) is 5.39. The van der Waals surface area contributed by atoms with Gasteiger partial charge in [0.25, 0.3) is 0 Å². The lowest BCUT2D eigenvalue weighted by atomic mass is 9.87. The van der Waals surface area contributed by atoms with E-state index in [1.165, 1.54) is 0 Å². The Hall–Kier alpha value is -1.39. The molecule has 5 nitrogen and oxygen atoms in total. The third kappa shape index (κ3) is 8.74. The Balaban J connectivity index is 2.03. The minimum atomic E-state index is -0.442. The number of hydrogen-bond donors (Lipinski definition) is 0. The Kier molecular flexibility index (Phi) is 10.8. The molecule has 1 saturated carbocycles. The van der Waals surface area contributed by atoms with E-state index in [2.05, 4.69) is 0 Å². The molecule has 1 rings (SSSR count). The van der Waals surface area contributed by atoms with Crippen LogP contribution in [0.4, 0.5) is 0 Å². The van der Waals surface area contributed by atoms with Gasteiger partial charge in [0.05, 0.1) is 24.0 Å². The summed E-state index contributed by atoms with van der Waals surface area (Å²) in [6.45, 7) is 8.38. The second kappa shape index (κ2) is 12.2. The van der Waals surface area contributed by atoms with E-state index in [4.69, 9.17) is 9.47 Å². The van der Waals surface area contributed by atoms with Crippen LogP contribution < -0.4 is 0 Å². The maximum Gasteiger partial charge on any atom is 0.312 e. The fourth-order valence-corrected chi connectivity index (χ4v) is 3.57. The molecule has 0 saturated heterocycles. The zero-order chi connectivity index (χ0) is 21.0. The van der Waals surface area contributed by atoms with Gasteiger partial charge in [0.2, 0.25) is 0 Å². The molecule has 5 heteroatoms. The van der Waals surface area contributed by atoms with Gasteiger partial charge in [-0.3, -0.25) is 14.4 Å². The van der Waals surface area contributed by atoms with Gasteiger partial charge in [-0.2, -0.15) is 0 Å². The second-order valence-corrected chi connectivity index (χ2v) is 8.77. The summed E-state index contributed by atoms with van der Waals surface area (Å²) in [4.78, 5) is 35.8. The van der Waals surface area contributed by atoms with Crippen LogP contribution in [0.25, 0.3) is 0 Å². The van der Waals surface area contributed by atoms with Crippen LogP contribution in [-0.4, -0.2) is 30.9 Å². The molecule has 0 atom stereocenters. The van der Waals surface area contributed by atoms with Crippen LogP contribution in [0, 0.1) is 10.8 Å². The summed E-state index contributed by atoms with van der Waals surface area (Å²) < 4.78 is 10.3. The summed E-state index contributed by atoms with van der Waals surface area (Å²) in [5.41, 5.74) is -0.639. The SMILES string of the molecule is CCOC(=O)C(C)(C)CCCCCC(=O)CCCCCC1(C(=O)OCC)CC1. The first-order valence-electron chi connectivity index (χ1n) is 11.1. The van der Waals surface area contributed by atoms with Crippen molar-refractivity contribution in [2.75, 3.05) is 13.2 Å². The fourth-order valence-electron chi connectivity index (χ4n) is 3.57. The highest BCUT2D eigenvalue weighted by Crippen LogP contribution is 2.51. The molecule has 0 aliphatic heterocycles. The van der Waals surface area contributed by atoms with E-state index in [1.54, 1.807) is 0 Å². The molecule has 0 aromatic rings. The number of Topliss-reactive ketones (excluding diaryl/α,β-unsaturated/α-hetero) is 1. The number of unbranched alkanes of at least 4 members (excludes halogenated alkanes) is 4. The Morgan fingerprint density at radius 3 is 1.93 bits per heavy atom. The first-order valence-corrected chi connectivity index (χ1v) is 11.1. The molecule has 0 aromatic heterocycles. The summed E-state index contributed by atoms with van der Waals surface area (Å²) in [5.74, 6) is 0.162. The van der Waals surface area contributed by atoms with Crippen molar-refractivity contribution in [3.63, 3.8) is 0 Å². The molecular weight excluding hydrogens is 356 g/mol. The van der Waals surface area contributed by atoms with Crippen molar-refractivity contribution in [2.45, 2.75) is 105 Å². The Labute approximate surface area is 170 Å². The van der Waals surface area contributed by atoms with Crippen molar-refractivity contribution in [3.8, 4) is 0 Å². The van der Waals surface area contributed by atoms with Gasteiger partial charge in [-0.05, 0) is 66.2 Å². The lowest BCUT2D eigenvalue weighted by molar-refractivity contribution is -0.154. The van der Waals surface area contributed by atoms with Crippen molar-refractivity contribution >= 4 is 17.7 Å². The summed E-state index contributed by atoms with van der Waals surface area (Å²) in [6, 6.07) is 0. The van der Waals surface area contributed by atoms with Gasteiger partial charge in [-0.15, -0.1) is 0 Å². The van der Waals surface area contributed by atoms with Crippen LogP contribution in [0.3, 0.4) is 0 Å². The van der Waals surface area contributed by atoms with E-state index in [1.807, 2.05) is 27.7 Å². The minimum absolute atomic E-state index is 0.0304. The van der Waals surface area contributed by atoms with Gasteiger partial charge >= 0.3 is 11.9 Å². The standard InChI is InChI=1S/C23H40O5/c1-5-27-20(25)22(3,4)15-11-7-9-13-19(24)14-10-8-12-16-23(17-18-23)21(26)28-6-2/h5-18H2,1-4H3. The van der Waals surface area contributed by atoms with Crippen LogP contribution in [-0.2, 0) is 23.9 Å². The third-order valence-corrected chi connectivity index (χ3v) is 5.76. The third-order valence-electron chi connectivity index (χ3n) is 5.76. The Morgan fingerprint density at radius 2 is 1.39 bits per heavy atom. The van der Waals surface area contributed by atoms with Crippen LogP contribution in [0.1, 0.15) is 105 Å². The minimum Gasteiger partial charge on any atom is -0.466 e. The molecule has 0 N–H and O–H groups in total. The van der Waals surface area contributed by atoms with E-state index in [0.29, 0.717) is 31.8 Å². The first kappa shape index (κ1) is 24.6. The molecular formula is C23H40O5. The van der Waals surface area contributed by atoms with Gasteiger partial charge in [0.15, 0.2) is 0 Å². The quantitative estimate of drug-likeness (QED) is 0.258. The molecule has 1 aliphatic carbocycles. The molecule has 0 heterocycles. The second-order valence-electron chi connectivity index (χ2n) is 8.77. The zero-order valence-electron chi connectivity index (χ0n) is 18.4. The Bertz CT molecular complexity index is 473. The van der Waals surface area contributed by atoms with Crippen LogP contribution >= 0.6 is 0 Å². The van der Waals surface area contributed by atoms with Crippen LogP contribution in [0.15, 0.2) is 0 Å². The van der Waals surface area contributed by atoms with Gasteiger partial charge in [0, 0.05) is 12.8 Å². The van der Waals surface area contributed by atoms with Crippen LogP contribution in [0.5, 0.6) is 0 Å². The number of ether oxygens (including phenoxy) is 2. The molecule has 0 bridgehead atoms. The normalized spacial score (nSPS) is 15.1. The van der Waals surface area contributed by atoms with E-state index in [-0.39, 0.29) is 17.4 Å². The summed E-state index contributed by atoms with van der Waals surface area (Å²) in [7, 11) is 0. The summed E-state index contributed by atoms with van der Waals surface area (Å²) in [6.07, 6.45) is 10.6. The molecule has 0 aromatic carbocycles. The van der Waals surface area contributed by atoms with E-state index < -0.39 is 5.41 Å². The fraction of sp³-hybridized carbons (Fsp3) is 0.870. The molecule has 1 aliphatic rings. The lowest BCUT2D eigenvalue weighted by Crippen LogP contribution is -2.26. The molecule has 0 radical (unpaired) electrons. The highest BCUT2D eigenvalue weighted by Gasteiger charge is 2.50. The van der Waals surface area contributed by atoms with Crippen molar-refractivity contribution in [1.82, 2.24) is 0 Å². The zero-order valence-corrected chi connectivity index (χ0v) is 18.4. The number of esters is 2. The molecule has 162 valence electrons. The number of carbonyl (C=O) groups is 3. The Morgan fingerprint density at radius 1 is 0.821 bits per heavy atom. The topological polar surface area (TPSA) is 69.7 Å². The maximum absolute atomic E-state index is 12.0. The average Bonchev–Trinajstić information content (AvgIpc) is 3.42.